The molecule has 0 N–H and O–H groups in total. The Kier molecular flexibility index (Phi) is 3.66. The molecule has 0 bridgehead atoms. The summed E-state index contributed by atoms with van der Waals surface area (Å²) in [5.41, 5.74) is 1.14. The lowest BCUT2D eigenvalue weighted by Crippen LogP contribution is -2.29. The molecule has 0 saturated carbocycles. The van der Waals surface area contributed by atoms with Crippen molar-refractivity contribution < 1.29 is 22.2 Å². The van der Waals surface area contributed by atoms with Gasteiger partial charge in [-0.2, -0.15) is 23.3 Å². The van der Waals surface area contributed by atoms with E-state index in [0.29, 0.717) is 16.7 Å². The van der Waals surface area contributed by atoms with Crippen molar-refractivity contribution in [3.8, 4) is 5.69 Å². The average Bonchev–Trinajstić information content (AvgIpc) is 2.84. The molecule has 0 amide bonds. The first kappa shape index (κ1) is 15.0. The fraction of sp³-hybridized carbons (Fsp3) is 0.231. The van der Waals surface area contributed by atoms with E-state index < -0.39 is 20.4 Å². The van der Waals surface area contributed by atoms with Crippen molar-refractivity contribution in [2.75, 3.05) is 7.11 Å². The van der Waals surface area contributed by atoms with Gasteiger partial charge in [-0.1, -0.05) is 18.2 Å². The Balaban J connectivity index is 2.21. The number of aromatic nitrogens is 2. The zero-order chi connectivity index (χ0) is 15.9. The lowest BCUT2D eigenvalue weighted by Gasteiger charge is -2.22. The summed E-state index contributed by atoms with van der Waals surface area (Å²) in [6, 6.07) is 8.82. The molecule has 2 heterocycles. The maximum absolute atomic E-state index is 13.0. The number of nitrogens with zero attached hydrogens (tertiary/aromatic N) is 3. The van der Waals surface area contributed by atoms with Gasteiger partial charge in [-0.3, -0.25) is 0 Å². The van der Waals surface area contributed by atoms with E-state index in [0.717, 1.165) is 0 Å². The number of para-hydroxylation sites is 1. The molecule has 0 aliphatic carbocycles. The molecule has 5 nitrogen and oxygen atoms in total. The van der Waals surface area contributed by atoms with E-state index in [4.69, 9.17) is 9.05 Å². The van der Waals surface area contributed by atoms with Gasteiger partial charge >= 0.3 is 12.1 Å². The van der Waals surface area contributed by atoms with Gasteiger partial charge in [0.1, 0.15) is 5.30 Å². The highest BCUT2D eigenvalue weighted by atomic mass is 31.2. The zero-order valence-electron chi connectivity index (χ0n) is 11.6. The average molecular weight is 329 g/mol. The van der Waals surface area contributed by atoms with E-state index in [9.17, 15) is 13.2 Å². The Hall–Kier alpha value is -1.92. The summed E-state index contributed by atoms with van der Waals surface area (Å²) in [4.78, 5) is 3.62. The zero-order valence-corrected chi connectivity index (χ0v) is 12.5. The van der Waals surface area contributed by atoms with Crippen LogP contribution in [0.2, 0.25) is 0 Å². The quantitative estimate of drug-likeness (QED) is 0.794. The van der Waals surface area contributed by atoms with Gasteiger partial charge in [0.05, 0.1) is 11.4 Å². The summed E-state index contributed by atoms with van der Waals surface area (Å²) in [7, 11) is -0.614. The Morgan fingerprint density at radius 3 is 2.50 bits per heavy atom. The summed E-state index contributed by atoms with van der Waals surface area (Å²) in [5.74, 6) is -1.22. The number of aryl methyl sites for hydroxylation is 1. The molecule has 116 valence electrons. The van der Waals surface area contributed by atoms with Crippen LogP contribution in [0.5, 0.6) is 0 Å². The second kappa shape index (κ2) is 5.37. The molecular weight excluding hydrogens is 318 g/mol. The van der Waals surface area contributed by atoms with Crippen LogP contribution in [-0.4, -0.2) is 29.0 Å². The second-order valence-corrected chi connectivity index (χ2v) is 5.96. The molecule has 0 fully saturated rings. The highest BCUT2D eigenvalue weighted by Gasteiger charge is 2.45. The molecule has 1 aliphatic heterocycles. The third-order valence-corrected chi connectivity index (χ3v) is 4.53. The molecule has 1 aromatic carbocycles. The number of halogens is 3. The molecule has 1 atom stereocenters. The van der Waals surface area contributed by atoms with Crippen molar-refractivity contribution in [3.05, 3.63) is 36.0 Å². The number of alkyl halides is 3. The fourth-order valence-corrected chi connectivity index (χ4v) is 3.32. The summed E-state index contributed by atoms with van der Waals surface area (Å²) >= 11 is 0. The minimum Gasteiger partial charge on any atom is -0.421 e. The van der Waals surface area contributed by atoms with Crippen LogP contribution in [-0.2, 0) is 9.05 Å². The third kappa shape index (κ3) is 2.48. The maximum atomic E-state index is 13.0. The first-order chi connectivity index (χ1) is 10.4. The van der Waals surface area contributed by atoms with Crippen LogP contribution in [0.3, 0.4) is 0 Å². The van der Waals surface area contributed by atoms with Crippen molar-refractivity contribution >= 4 is 25.4 Å². The number of hydrogen-bond acceptors (Lipinski definition) is 4. The Morgan fingerprint density at radius 1 is 1.23 bits per heavy atom. The van der Waals surface area contributed by atoms with E-state index in [1.54, 1.807) is 31.2 Å². The number of rotatable bonds is 2. The maximum Gasteiger partial charge on any atom is 0.468 e. The summed E-state index contributed by atoms with van der Waals surface area (Å²) in [5, 5.41) is 4.73. The van der Waals surface area contributed by atoms with Crippen LogP contribution in [0.1, 0.15) is 5.69 Å². The van der Waals surface area contributed by atoms with E-state index in [1.165, 1.54) is 11.8 Å². The summed E-state index contributed by atoms with van der Waals surface area (Å²) < 4.78 is 50.2. The van der Waals surface area contributed by atoms with Crippen molar-refractivity contribution in [1.82, 2.24) is 9.78 Å². The van der Waals surface area contributed by atoms with Gasteiger partial charge in [-0.05, 0) is 19.1 Å². The minimum absolute atomic E-state index is 0.0928. The molecule has 9 heteroatoms. The molecule has 2 aromatic rings. The van der Waals surface area contributed by atoms with E-state index in [1.807, 2.05) is 6.07 Å². The predicted molar refractivity (Wildman–Crippen MR) is 76.1 cm³/mol. The molecule has 0 saturated heterocycles. The van der Waals surface area contributed by atoms with Crippen LogP contribution >= 0.6 is 8.38 Å². The van der Waals surface area contributed by atoms with Crippen LogP contribution in [0, 0.1) is 6.92 Å². The summed E-state index contributed by atoms with van der Waals surface area (Å²) in [6.07, 6.45) is -4.68. The number of hydrogen-bond donors (Lipinski definition) is 0. The normalized spacial score (nSPS) is 17.7. The molecule has 0 spiro atoms. The SMILES string of the molecule is COP1OC(C(F)(F)F)=Nc2c1c(C)nn2-c1ccccc1. The minimum atomic E-state index is -4.68. The number of fused-ring (bicyclic) bond motifs is 1. The Morgan fingerprint density at radius 2 is 1.91 bits per heavy atom. The van der Waals surface area contributed by atoms with Gasteiger partial charge in [0, 0.05) is 7.11 Å². The van der Waals surface area contributed by atoms with Gasteiger partial charge in [-0.15, -0.1) is 0 Å². The fourth-order valence-electron chi connectivity index (χ4n) is 2.05. The van der Waals surface area contributed by atoms with Gasteiger partial charge < -0.3 is 9.05 Å². The van der Waals surface area contributed by atoms with Crippen molar-refractivity contribution in [1.29, 1.82) is 0 Å². The monoisotopic (exact) mass is 329 g/mol. The molecule has 22 heavy (non-hydrogen) atoms. The van der Waals surface area contributed by atoms with Gasteiger partial charge in [-0.25, -0.2) is 4.68 Å². The van der Waals surface area contributed by atoms with Crippen molar-refractivity contribution in [2.45, 2.75) is 13.1 Å². The predicted octanol–water partition coefficient (Wildman–Crippen LogP) is 3.39. The van der Waals surface area contributed by atoms with E-state index >= 15 is 0 Å². The Bertz CT molecular complexity index is 728. The van der Waals surface area contributed by atoms with Gasteiger partial charge in [0.15, 0.2) is 5.82 Å². The highest BCUT2D eigenvalue weighted by molar-refractivity contribution is 7.57. The third-order valence-electron chi connectivity index (χ3n) is 2.97. The van der Waals surface area contributed by atoms with Gasteiger partial charge in [0.25, 0.3) is 8.38 Å². The lowest BCUT2D eigenvalue weighted by molar-refractivity contribution is -0.0709. The smallest absolute Gasteiger partial charge is 0.421 e. The topological polar surface area (TPSA) is 48.6 Å². The van der Waals surface area contributed by atoms with E-state index in [2.05, 4.69) is 10.1 Å². The number of benzene rings is 1. The van der Waals surface area contributed by atoms with Crippen molar-refractivity contribution in [2.24, 2.45) is 4.99 Å². The first-order valence-corrected chi connectivity index (χ1v) is 7.42. The second-order valence-electron chi connectivity index (χ2n) is 4.45. The standard InChI is InChI=1S/C13H11F3N3O2P/c1-8-10-11(19(18-8)9-6-4-3-5-7-9)17-12(13(14,15)16)21-22(10)20-2/h3-7H,1-2H3. The van der Waals surface area contributed by atoms with Gasteiger partial charge in [0.2, 0.25) is 0 Å². The lowest BCUT2D eigenvalue weighted by atomic mass is 10.3. The number of aliphatic imine (C=N–C) groups is 1. The first-order valence-electron chi connectivity index (χ1n) is 6.25. The molecule has 1 aromatic heterocycles. The van der Waals surface area contributed by atoms with Crippen molar-refractivity contribution in [3.63, 3.8) is 0 Å². The highest BCUT2D eigenvalue weighted by Crippen LogP contribution is 2.47. The van der Waals surface area contributed by atoms with Crippen LogP contribution in [0.4, 0.5) is 19.0 Å². The summed E-state index contributed by atoms with van der Waals surface area (Å²) in [6.45, 7) is 1.68. The van der Waals surface area contributed by atoms with Crippen LogP contribution in [0.15, 0.2) is 35.3 Å². The van der Waals surface area contributed by atoms with E-state index in [-0.39, 0.29) is 5.82 Å². The van der Waals surface area contributed by atoms with Crippen LogP contribution in [0.25, 0.3) is 5.69 Å². The Labute approximate surface area is 125 Å². The molecule has 3 rings (SSSR count). The molecule has 0 radical (unpaired) electrons. The molecule has 1 unspecified atom stereocenters. The molecular formula is C13H11F3N3O2P. The molecule has 1 aliphatic rings. The largest absolute Gasteiger partial charge is 0.468 e. The van der Waals surface area contributed by atoms with Crippen LogP contribution < -0.4 is 5.30 Å².